The molecule has 0 bridgehead atoms. The van der Waals surface area contributed by atoms with E-state index in [1.54, 1.807) is 0 Å². The number of aryl methyl sites for hydroxylation is 2. The molecule has 2 fully saturated rings. The van der Waals surface area contributed by atoms with Gasteiger partial charge in [-0.2, -0.15) is 5.10 Å². The first kappa shape index (κ1) is 16.4. The molecule has 1 aromatic rings. The van der Waals surface area contributed by atoms with E-state index in [-0.39, 0.29) is 5.91 Å². The predicted octanol–water partition coefficient (Wildman–Crippen LogP) is 1.77. The predicted molar refractivity (Wildman–Crippen MR) is 89.0 cm³/mol. The second-order valence-electron chi connectivity index (χ2n) is 7.05. The maximum Gasteiger partial charge on any atom is 0.223 e. The van der Waals surface area contributed by atoms with Crippen molar-refractivity contribution in [2.24, 2.45) is 5.92 Å². The number of likely N-dealkylation sites (tertiary alicyclic amines) is 2. The van der Waals surface area contributed by atoms with Crippen molar-refractivity contribution < 1.29 is 4.79 Å². The van der Waals surface area contributed by atoms with Gasteiger partial charge in [0.15, 0.2) is 5.82 Å². The maximum absolute atomic E-state index is 12.5. The number of carbonyl (C=O) groups is 1. The van der Waals surface area contributed by atoms with Crippen LogP contribution in [0.5, 0.6) is 0 Å². The van der Waals surface area contributed by atoms with E-state index in [0.29, 0.717) is 18.8 Å². The average molecular weight is 319 g/mol. The van der Waals surface area contributed by atoms with Crippen molar-refractivity contribution in [3.05, 3.63) is 11.6 Å². The van der Waals surface area contributed by atoms with E-state index in [2.05, 4.69) is 25.0 Å². The van der Waals surface area contributed by atoms with Crippen molar-refractivity contribution in [3.8, 4) is 0 Å². The molecule has 1 atom stereocenters. The van der Waals surface area contributed by atoms with Crippen molar-refractivity contribution in [3.63, 3.8) is 0 Å². The normalized spacial score (nSPS) is 23.2. The number of hydrogen-bond donors (Lipinski definition) is 1. The van der Waals surface area contributed by atoms with E-state index in [1.165, 1.54) is 45.3 Å². The standard InChI is InChI=1S/C17H29N5O/c1-14-18-16(20-19-14)7-8-17(23)22-11-5-6-15(13-22)12-21-9-3-2-4-10-21/h15H,2-13H2,1H3,(H,18,19,20)/t15-/m0/s1. The Labute approximate surface area is 138 Å². The summed E-state index contributed by atoms with van der Waals surface area (Å²) in [5.74, 6) is 2.47. The van der Waals surface area contributed by atoms with Crippen LogP contribution in [0.4, 0.5) is 0 Å². The Hall–Kier alpha value is -1.43. The minimum Gasteiger partial charge on any atom is -0.342 e. The summed E-state index contributed by atoms with van der Waals surface area (Å²) in [5.41, 5.74) is 0. The van der Waals surface area contributed by atoms with Gasteiger partial charge in [0.05, 0.1) is 0 Å². The van der Waals surface area contributed by atoms with Gasteiger partial charge < -0.3 is 9.80 Å². The summed E-state index contributed by atoms with van der Waals surface area (Å²) >= 11 is 0. The first-order valence-corrected chi connectivity index (χ1v) is 9.09. The third-order valence-electron chi connectivity index (χ3n) is 5.04. The molecule has 0 aromatic carbocycles. The first-order valence-electron chi connectivity index (χ1n) is 9.09. The quantitative estimate of drug-likeness (QED) is 0.898. The molecule has 6 nitrogen and oxygen atoms in total. The zero-order valence-electron chi connectivity index (χ0n) is 14.3. The lowest BCUT2D eigenvalue weighted by atomic mass is 9.96. The highest BCUT2D eigenvalue weighted by Gasteiger charge is 2.25. The van der Waals surface area contributed by atoms with E-state index in [0.717, 1.165) is 31.2 Å². The van der Waals surface area contributed by atoms with Gasteiger partial charge >= 0.3 is 0 Å². The Morgan fingerprint density at radius 2 is 2.04 bits per heavy atom. The smallest absolute Gasteiger partial charge is 0.223 e. The molecule has 23 heavy (non-hydrogen) atoms. The highest BCUT2D eigenvalue weighted by Crippen LogP contribution is 2.20. The van der Waals surface area contributed by atoms with E-state index in [9.17, 15) is 4.79 Å². The minimum atomic E-state index is 0.260. The van der Waals surface area contributed by atoms with E-state index in [1.807, 2.05) is 6.92 Å². The molecule has 2 aliphatic rings. The van der Waals surface area contributed by atoms with E-state index in [4.69, 9.17) is 0 Å². The molecule has 3 rings (SSSR count). The van der Waals surface area contributed by atoms with E-state index < -0.39 is 0 Å². The molecule has 6 heteroatoms. The minimum absolute atomic E-state index is 0.260. The van der Waals surface area contributed by atoms with Crippen LogP contribution < -0.4 is 0 Å². The number of H-pyrrole nitrogens is 1. The van der Waals surface area contributed by atoms with Gasteiger partial charge in [-0.3, -0.25) is 9.89 Å². The summed E-state index contributed by atoms with van der Waals surface area (Å²) in [4.78, 5) is 21.4. The molecule has 1 aromatic heterocycles. The van der Waals surface area contributed by atoms with Gasteiger partial charge in [-0.05, 0) is 51.6 Å². The van der Waals surface area contributed by atoms with Crippen LogP contribution in [0.1, 0.15) is 50.2 Å². The van der Waals surface area contributed by atoms with Crippen LogP contribution in [0.15, 0.2) is 0 Å². The molecule has 3 heterocycles. The average Bonchev–Trinajstić information content (AvgIpc) is 2.99. The van der Waals surface area contributed by atoms with Gasteiger partial charge in [0.1, 0.15) is 5.82 Å². The van der Waals surface area contributed by atoms with Crippen molar-refractivity contribution in [1.29, 1.82) is 0 Å². The number of carbonyl (C=O) groups excluding carboxylic acids is 1. The number of amides is 1. The Bertz CT molecular complexity index is 509. The van der Waals surface area contributed by atoms with Crippen LogP contribution in [0.2, 0.25) is 0 Å². The van der Waals surface area contributed by atoms with Crippen LogP contribution >= 0.6 is 0 Å². The molecule has 0 spiro atoms. The summed E-state index contributed by atoms with van der Waals surface area (Å²) in [6.45, 7) is 7.39. The molecule has 0 saturated carbocycles. The molecular formula is C17H29N5O. The van der Waals surface area contributed by atoms with Gasteiger partial charge in [-0.15, -0.1) is 0 Å². The van der Waals surface area contributed by atoms with Gasteiger partial charge in [-0.25, -0.2) is 4.98 Å². The Morgan fingerprint density at radius 3 is 2.78 bits per heavy atom. The van der Waals surface area contributed by atoms with Gasteiger partial charge in [-0.1, -0.05) is 6.42 Å². The number of nitrogens with one attached hydrogen (secondary N) is 1. The number of aromatic amines is 1. The summed E-state index contributed by atoms with van der Waals surface area (Å²) in [5, 5.41) is 6.94. The molecule has 128 valence electrons. The fraction of sp³-hybridized carbons (Fsp3) is 0.824. The van der Waals surface area contributed by atoms with Crippen molar-refractivity contribution in [1.82, 2.24) is 25.0 Å². The van der Waals surface area contributed by atoms with Gasteiger partial charge in [0.25, 0.3) is 0 Å². The SMILES string of the molecule is Cc1nc(CCC(=O)N2CCC[C@@H](CN3CCCCC3)C2)n[nH]1. The summed E-state index contributed by atoms with van der Waals surface area (Å²) in [6, 6.07) is 0. The lowest BCUT2D eigenvalue weighted by Gasteiger charge is -2.37. The van der Waals surface area contributed by atoms with Crippen LogP contribution in [0.25, 0.3) is 0 Å². The molecule has 0 radical (unpaired) electrons. The maximum atomic E-state index is 12.5. The number of hydrogen-bond acceptors (Lipinski definition) is 4. The lowest BCUT2D eigenvalue weighted by molar-refractivity contribution is -0.133. The van der Waals surface area contributed by atoms with Crippen LogP contribution in [-0.2, 0) is 11.2 Å². The highest BCUT2D eigenvalue weighted by atomic mass is 16.2. The number of nitrogens with zero attached hydrogens (tertiary/aromatic N) is 4. The van der Waals surface area contributed by atoms with E-state index >= 15 is 0 Å². The first-order chi connectivity index (χ1) is 11.2. The van der Waals surface area contributed by atoms with Gasteiger partial charge in [0, 0.05) is 32.5 Å². The summed E-state index contributed by atoms with van der Waals surface area (Å²) < 4.78 is 0. The fourth-order valence-electron chi connectivity index (χ4n) is 3.83. The summed E-state index contributed by atoms with van der Waals surface area (Å²) in [6.07, 6.45) is 7.62. The lowest BCUT2D eigenvalue weighted by Crippen LogP contribution is -2.44. The van der Waals surface area contributed by atoms with Crippen LogP contribution in [-0.4, -0.2) is 63.6 Å². The van der Waals surface area contributed by atoms with Crippen molar-refractivity contribution in [2.75, 3.05) is 32.7 Å². The van der Waals surface area contributed by atoms with Crippen LogP contribution in [0, 0.1) is 12.8 Å². The molecule has 2 aliphatic heterocycles. The Kier molecular flexibility index (Phi) is 5.65. The Balaban J connectivity index is 1.44. The largest absolute Gasteiger partial charge is 0.342 e. The molecule has 1 amide bonds. The molecular weight excluding hydrogens is 290 g/mol. The molecule has 2 saturated heterocycles. The number of piperidine rings is 2. The van der Waals surface area contributed by atoms with Gasteiger partial charge in [0.2, 0.25) is 5.91 Å². The van der Waals surface area contributed by atoms with Crippen molar-refractivity contribution >= 4 is 5.91 Å². The van der Waals surface area contributed by atoms with Crippen LogP contribution in [0.3, 0.4) is 0 Å². The zero-order valence-corrected chi connectivity index (χ0v) is 14.3. The molecule has 0 unspecified atom stereocenters. The second kappa shape index (κ2) is 7.90. The zero-order chi connectivity index (χ0) is 16.1. The van der Waals surface area contributed by atoms with Crippen molar-refractivity contribution in [2.45, 2.75) is 51.9 Å². The topological polar surface area (TPSA) is 65.1 Å². The Morgan fingerprint density at radius 1 is 1.22 bits per heavy atom. The molecule has 0 aliphatic carbocycles. The molecule has 1 N–H and O–H groups in total. The summed E-state index contributed by atoms with van der Waals surface area (Å²) in [7, 11) is 0. The fourth-order valence-corrected chi connectivity index (χ4v) is 3.83. The number of aromatic nitrogens is 3. The monoisotopic (exact) mass is 319 g/mol. The third kappa shape index (κ3) is 4.77. The second-order valence-corrected chi connectivity index (χ2v) is 7.05. The highest BCUT2D eigenvalue weighted by molar-refractivity contribution is 5.76. The third-order valence-corrected chi connectivity index (χ3v) is 5.04. The number of rotatable bonds is 5.